The van der Waals surface area contributed by atoms with Crippen molar-refractivity contribution in [1.82, 2.24) is 0 Å². The first-order valence-corrected chi connectivity index (χ1v) is 12.0. The molecule has 5 rings (SSSR count). The van der Waals surface area contributed by atoms with Gasteiger partial charge in [0.25, 0.3) is 0 Å². The number of ether oxygens (including phenoxy) is 2. The predicted molar refractivity (Wildman–Crippen MR) is 143 cm³/mol. The molecule has 0 saturated carbocycles. The zero-order valence-electron chi connectivity index (χ0n) is 20.1. The van der Waals surface area contributed by atoms with Crippen LogP contribution in [0.2, 0.25) is 0 Å². The van der Waals surface area contributed by atoms with Gasteiger partial charge in [-0.2, -0.15) is 0 Å². The molecule has 4 aromatic rings. The Hall–Kier alpha value is -4.44. The molecule has 0 atom stereocenters. The van der Waals surface area contributed by atoms with Crippen LogP contribution in [0.1, 0.15) is 44.3 Å². The van der Waals surface area contributed by atoms with Crippen LogP contribution in [0.15, 0.2) is 97.1 Å². The van der Waals surface area contributed by atoms with E-state index in [0.717, 1.165) is 21.9 Å². The first kappa shape index (κ1) is 23.3. The SMILES string of the molecule is C=CCc1cc(C=C2C(=O)c3ccccc3C2=O)cc(OCC)c1OCc1cccc2ccccc12. The topological polar surface area (TPSA) is 52.6 Å². The van der Waals surface area contributed by atoms with Crippen LogP contribution in [-0.4, -0.2) is 18.2 Å². The van der Waals surface area contributed by atoms with Gasteiger partial charge in [-0.1, -0.05) is 72.8 Å². The van der Waals surface area contributed by atoms with Gasteiger partial charge in [0.1, 0.15) is 6.61 Å². The molecule has 1 aliphatic carbocycles. The zero-order chi connectivity index (χ0) is 25.1. The van der Waals surface area contributed by atoms with Crippen molar-refractivity contribution < 1.29 is 19.1 Å². The van der Waals surface area contributed by atoms with E-state index in [1.165, 1.54) is 0 Å². The third-order valence-corrected chi connectivity index (χ3v) is 6.29. The van der Waals surface area contributed by atoms with Crippen LogP contribution in [0, 0.1) is 0 Å². The quantitative estimate of drug-likeness (QED) is 0.157. The number of rotatable bonds is 8. The summed E-state index contributed by atoms with van der Waals surface area (Å²) in [6.45, 7) is 6.63. The second kappa shape index (κ2) is 10.0. The Morgan fingerprint density at radius 3 is 2.22 bits per heavy atom. The molecule has 36 heavy (non-hydrogen) atoms. The number of carbonyl (C=O) groups excluding carboxylic acids is 2. The largest absolute Gasteiger partial charge is 0.490 e. The molecule has 0 radical (unpaired) electrons. The second-order valence-electron chi connectivity index (χ2n) is 8.62. The van der Waals surface area contributed by atoms with Gasteiger partial charge in [0.2, 0.25) is 0 Å². The van der Waals surface area contributed by atoms with Crippen molar-refractivity contribution in [2.45, 2.75) is 20.0 Å². The summed E-state index contributed by atoms with van der Waals surface area (Å²) < 4.78 is 12.3. The molecule has 0 saturated heterocycles. The number of benzene rings is 4. The highest BCUT2D eigenvalue weighted by atomic mass is 16.5. The fourth-order valence-corrected chi connectivity index (χ4v) is 4.64. The molecule has 0 fully saturated rings. The first-order chi connectivity index (χ1) is 17.6. The van der Waals surface area contributed by atoms with Crippen LogP contribution in [0.5, 0.6) is 11.5 Å². The molecular formula is C32H26O4. The van der Waals surface area contributed by atoms with Crippen molar-refractivity contribution in [3.05, 3.63) is 125 Å². The normalized spacial score (nSPS) is 12.5. The lowest BCUT2D eigenvalue weighted by Gasteiger charge is -2.17. The van der Waals surface area contributed by atoms with Crippen molar-refractivity contribution >= 4 is 28.4 Å². The van der Waals surface area contributed by atoms with Crippen LogP contribution in [-0.2, 0) is 13.0 Å². The number of hydrogen-bond acceptors (Lipinski definition) is 4. The summed E-state index contributed by atoms with van der Waals surface area (Å²) in [7, 11) is 0. The lowest BCUT2D eigenvalue weighted by atomic mass is 10.0. The molecule has 0 spiro atoms. The van der Waals surface area contributed by atoms with Gasteiger partial charge in [0.05, 0.1) is 12.2 Å². The first-order valence-electron chi connectivity index (χ1n) is 12.0. The molecule has 4 nitrogen and oxygen atoms in total. The Morgan fingerprint density at radius 1 is 0.806 bits per heavy atom. The van der Waals surface area contributed by atoms with Gasteiger partial charge in [-0.3, -0.25) is 9.59 Å². The zero-order valence-corrected chi connectivity index (χ0v) is 20.1. The summed E-state index contributed by atoms with van der Waals surface area (Å²) in [6.07, 6.45) is 3.99. The second-order valence-corrected chi connectivity index (χ2v) is 8.62. The minimum absolute atomic E-state index is 0.160. The molecule has 0 N–H and O–H groups in total. The van der Waals surface area contributed by atoms with Crippen molar-refractivity contribution in [3.8, 4) is 11.5 Å². The van der Waals surface area contributed by atoms with Gasteiger partial charge in [0.15, 0.2) is 23.1 Å². The smallest absolute Gasteiger partial charge is 0.197 e. The molecule has 0 bridgehead atoms. The Balaban J connectivity index is 1.52. The molecule has 0 unspecified atom stereocenters. The fourth-order valence-electron chi connectivity index (χ4n) is 4.64. The summed E-state index contributed by atoms with van der Waals surface area (Å²) in [5.74, 6) is 0.698. The highest BCUT2D eigenvalue weighted by molar-refractivity contribution is 6.41. The van der Waals surface area contributed by atoms with Gasteiger partial charge in [-0.05, 0) is 53.5 Å². The third-order valence-electron chi connectivity index (χ3n) is 6.29. The van der Waals surface area contributed by atoms with Crippen molar-refractivity contribution in [1.29, 1.82) is 0 Å². The van der Waals surface area contributed by atoms with Gasteiger partial charge in [-0.25, -0.2) is 0 Å². The van der Waals surface area contributed by atoms with E-state index >= 15 is 0 Å². The maximum Gasteiger partial charge on any atom is 0.197 e. The molecule has 1 aliphatic rings. The molecule has 178 valence electrons. The minimum atomic E-state index is -0.255. The number of Topliss-reactive ketones (excluding diaryl/α,β-unsaturated/α-hetero) is 2. The molecular weight excluding hydrogens is 448 g/mol. The molecule has 4 aromatic carbocycles. The van der Waals surface area contributed by atoms with E-state index in [4.69, 9.17) is 9.47 Å². The van der Waals surface area contributed by atoms with Crippen LogP contribution in [0.25, 0.3) is 16.8 Å². The lowest BCUT2D eigenvalue weighted by Crippen LogP contribution is -2.04. The predicted octanol–water partition coefficient (Wildman–Crippen LogP) is 7.01. The maximum atomic E-state index is 12.9. The maximum absolute atomic E-state index is 12.9. The number of allylic oxidation sites excluding steroid dienone is 2. The lowest BCUT2D eigenvalue weighted by molar-refractivity contribution is 0.0990. The summed E-state index contributed by atoms with van der Waals surface area (Å²) >= 11 is 0. The highest BCUT2D eigenvalue weighted by Gasteiger charge is 2.32. The Bertz CT molecular complexity index is 1480. The van der Waals surface area contributed by atoms with E-state index in [1.54, 1.807) is 36.4 Å². The van der Waals surface area contributed by atoms with Crippen molar-refractivity contribution in [3.63, 3.8) is 0 Å². The van der Waals surface area contributed by atoms with Gasteiger partial charge >= 0.3 is 0 Å². The third kappa shape index (κ3) is 4.34. The van der Waals surface area contributed by atoms with Crippen LogP contribution in [0.3, 0.4) is 0 Å². The molecule has 0 aliphatic heterocycles. The van der Waals surface area contributed by atoms with E-state index in [2.05, 4.69) is 30.8 Å². The van der Waals surface area contributed by atoms with E-state index in [9.17, 15) is 9.59 Å². The standard InChI is InChI=1S/C32H26O4/c1-3-10-23-17-21(18-28-30(33)26-15-7-8-16-27(26)31(28)34)19-29(35-4-2)32(23)36-20-24-13-9-12-22-11-5-6-14-25(22)24/h3,5-9,11-19H,1,4,10,20H2,2H3. The Kier molecular flexibility index (Phi) is 6.50. The molecule has 4 heteroatoms. The average molecular weight is 475 g/mol. The number of carbonyl (C=O) groups is 2. The summed E-state index contributed by atoms with van der Waals surface area (Å²) in [5.41, 5.74) is 3.70. The Labute approximate surface area is 210 Å². The summed E-state index contributed by atoms with van der Waals surface area (Å²) in [4.78, 5) is 25.8. The molecule has 0 aromatic heterocycles. The van der Waals surface area contributed by atoms with Crippen LogP contribution < -0.4 is 9.47 Å². The molecule has 0 heterocycles. The number of fused-ring (bicyclic) bond motifs is 2. The van der Waals surface area contributed by atoms with Crippen molar-refractivity contribution in [2.75, 3.05) is 6.61 Å². The van der Waals surface area contributed by atoms with Crippen LogP contribution in [0.4, 0.5) is 0 Å². The monoisotopic (exact) mass is 474 g/mol. The van der Waals surface area contributed by atoms with Gasteiger partial charge in [0, 0.05) is 16.7 Å². The van der Waals surface area contributed by atoms with E-state index < -0.39 is 0 Å². The van der Waals surface area contributed by atoms with Gasteiger partial charge in [-0.15, -0.1) is 6.58 Å². The van der Waals surface area contributed by atoms with E-state index in [-0.39, 0.29) is 17.1 Å². The number of ketones is 2. The summed E-state index contributed by atoms with van der Waals surface area (Å²) in [6, 6.07) is 25.1. The average Bonchev–Trinajstić information content (AvgIpc) is 3.13. The number of hydrogen-bond donors (Lipinski definition) is 0. The summed E-state index contributed by atoms with van der Waals surface area (Å²) in [5, 5.41) is 2.30. The van der Waals surface area contributed by atoms with E-state index in [1.807, 2.05) is 37.3 Å². The highest BCUT2D eigenvalue weighted by Crippen LogP contribution is 2.37. The van der Waals surface area contributed by atoms with E-state index in [0.29, 0.717) is 47.8 Å². The van der Waals surface area contributed by atoms with Crippen molar-refractivity contribution in [2.24, 2.45) is 0 Å². The molecule has 0 amide bonds. The van der Waals surface area contributed by atoms with Crippen LogP contribution >= 0.6 is 0 Å². The fraction of sp³-hybridized carbons (Fsp3) is 0.125. The Morgan fingerprint density at radius 2 is 1.50 bits per heavy atom. The minimum Gasteiger partial charge on any atom is -0.490 e. The van der Waals surface area contributed by atoms with Gasteiger partial charge < -0.3 is 9.47 Å².